The van der Waals surface area contributed by atoms with E-state index in [2.05, 4.69) is 6.92 Å². The van der Waals surface area contributed by atoms with Crippen LogP contribution in [0.25, 0.3) is 0 Å². The minimum absolute atomic E-state index is 0.337. The van der Waals surface area contributed by atoms with Crippen LogP contribution in [-0.4, -0.2) is 15.2 Å². The summed E-state index contributed by atoms with van der Waals surface area (Å²) >= 11 is 18.1. The molecule has 0 saturated carbocycles. The average molecular weight is 328 g/mol. The maximum atomic E-state index is 6.09. The molecular weight excluding hydrogens is 311 g/mol. The second-order valence-electron chi connectivity index (χ2n) is 4.38. The van der Waals surface area contributed by atoms with Crippen molar-refractivity contribution in [1.29, 1.82) is 0 Å². The summed E-state index contributed by atoms with van der Waals surface area (Å²) in [6.07, 6.45) is 2.10. The zero-order valence-corrected chi connectivity index (χ0v) is 14.0. The van der Waals surface area contributed by atoms with E-state index in [-0.39, 0.29) is 0 Å². The van der Waals surface area contributed by atoms with Gasteiger partial charge in [-0.2, -0.15) is 0 Å². The first-order chi connectivity index (χ1) is 8.37. The van der Waals surface area contributed by atoms with Gasteiger partial charge in [0.05, 0.1) is 10.0 Å². The number of rotatable bonds is 6. The summed E-state index contributed by atoms with van der Waals surface area (Å²) in [5.74, 6) is 0.416. The maximum Gasteiger partial charge on any atom is 0.392 e. The Hall–Kier alpha value is 0.0669. The smallest absolute Gasteiger partial charge is 0.392 e. The molecule has 0 N–H and O–H groups in total. The van der Waals surface area contributed by atoms with Crippen molar-refractivity contribution in [2.24, 2.45) is 0 Å². The lowest BCUT2D eigenvalue weighted by Crippen LogP contribution is -2.38. The largest absolute Gasteiger partial charge is 0.518 e. The molecule has 0 fully saturated rings. The number of hydrogen-bond donors (Lipinski definition) is 0. The zero-order valence-electron chi connectivity index (χ0n) is 10.7. The average Bonchev–Trinajstić information content (AvgIpc) is 2.30. The topological polar surface area (TPSA) is 18.5 Å². The van der Waals surface area contributed by atoms with E-state index in [0.717, 1.165) is 12.8 Å². The molecule has 102 valence electrons. The molecule has 0 aliphatic rings. The molecule has 1 aromatic rings. The highest BCUT2D eigenvalue weighted by Crippen LogP contribution is 2.39. The van der Waals surface area contributed by atoms with Crippen molar-refractivity contribution >= 4 is 43.4 Å². The maximum absolute atomic E-state index is 6.09. The van der Waals surface area contributed by atoms with Crippen molar-refractivity contribution in [2.75, 3.05) is 6.61 Å². The Kier molecular flexibility index (Phi) is 6.28. The Morgan fingerprint density at radius 1 is 1.11 bits per heavy atom. The molecule has 0 aromatic heterocycles. The van der Waals surface area contributed by atoms with E-state index < -0.39 is 8.56 Å². The number of unbranched alkanes of at least 4 members (excludes halogenated alkanes) is 1. The third kappa shape index (κ3) is 4.63. The SMILES string of the molecule is CCCCO[Si](C)(C)Oc1c(Cl)ccc(Cl)c1Cl. The fourth-order valence-corrected chi connectivity index (χ4v) is 3.46. The Labute approximate surface area is 124 Å². The van der Waals surface area contributed by atoms with Crippen LogP contribution in [0.2, 0.25) is 28.2 Å². The number of halogens is 3. The predicted molar refractivity (Wildman–Crippen MR) is 80.4 cm³/mol. The minimum atomic E-state index is -2.29. The fraction of sp³-hybridized carbons (Fsp3) is 0.500. The molecule has 6 heteroatoms. The van der Waals surface area contributed by atoms with Gasteiger partial charge in [0.25, 0.3) is 0 Å². The zero-order chi connectivity index (χ0) is 13.8. The lowest BCUT2D eigenvalue weighted by atomic mass is 10.3. The Morgan fingerprint density at radius 2 is 1.72 bits per heavy atom. The predicted octanol–water partition coefficient (Wildman–Crippen LogP) is 5.54. The van der Waals surface area contributed by atoms with Gasteiger partial charge in [0.2, 0.25) is 0 Å². The second kappa shape index (κ2) is 7.01. The molecule has 0 spiro atoms. The van der Waals surface area contributed by atoms with Gasteiger partial charge in [-0.05, 0) is 31.6 Å². The lowest BCUT2D eigenvalue weighted by molar-refractivity contribution is 0.243. The molecule has 0 saturated heterocycles. The van der Waals surface area contributed by atoms with Gasteiger partial charge in [0, 0.05) is 6.61 Å². The Bertz CT molecular complexity index is 411. The molecule has 0 aliphatic heterocycles. The van der Waals surface area contributed by atoms with Gasteiger partial charge in [-0.25, -0.2) is 0 Å². The molecule has 0 unspecified atom stereocenters. The normalized spacial score (nSPS) is 11.7. The van der Waals surface area contributed by atoms with Crippen LogP contribution in [-0.2, 0) is 4.43 Å². The number of benzene rings is 1. The van der Waals surface area contributed by atoms with Crippen LogP contribution in [0.4, 0.5) is 0 Å². The van der Waals surface area contributed by atoms with Gasteiger partial charge in [-0.15, -0.1) is 0 Å². The van der Waals surface area contributed by atoms with Crippen LogP contribution in [0.3, 0.4) is 0 Å². The van der Waals surface area contributed by atoms with E-state index in [0.29, 0.717) is 27.4 Å². The molecule has 0 amide bonds. The Morgan fingerprint density at radius 3 is 2.33 bits per heavy atom. The Balaban J connectivity index is 2.80. The van der Waals surface area contributed by atoms with E-state index in [1.165, 1.54) is 0 Å². The number of hydrogen-bond acceptors (Lipinski definition) is 2. The molecule has 2 nitrogen and oxygen atoms in total. The van der Waals surface area contributed by atoms with Gasteiger partial charge in [0.1, 0.15) is 10.8 Å². The lowest BCUT2D eigenvalue weighted by Gasteiger charge is -2.25. The molecule has 1 aromatic carbocycles. The quantitative estimate of drug-likeness (QED) is 0.388. The first kappa shape index (κ1) is 16.1. The van der Waals surface area contributed by atoms with E-state index in [9.17, 15) is 0 Å². The summed E-state index contributed by atoms with van der Waals surface area (Å²) in [7, 11) is -2.29. The standard InChI is InChI=1S/C12H17Cl3O2Si/c1-4-5-8-16-18(2,3)17-12-10(14)7-6-9(13)11(12)15/h6-7H,4-5,8H2,1-3H3. The van der Waals surface area contributed by atoms with Crippen molar-refractivity contribution in [2.45, 2.75) is 32.9 Å². The van der Waals surface area contributed by atoms with Gasteiger partial charge < -0.3 is 8.85 Å². The third-order valence-corrected chi connectivity index (χ3v) is 4.98. The van der Waals surface area contributed by atoms with Crippen molar-refractivity contribution in [1.82, 2.24) is 0 Å². The van der Waals surface area contributed by atoms with Gasteiger partial charge >= 0.3 is 8.56 Å². The van der Waals surface area contributed by atoms with Crippen molar-refractivity contribution in [3.05, 3.63) is 27.2 Å². The summed E-state index contributed by atoms with van der Waals surface area (Å²) in [6, 6.07) is 3.31. The summed E-state index contributed by atoms with van der Waals surface area (Å²) in [4.78, 5) is 0. The summed E-state index contributed by atoms with van der Waals surface area (Å²) in [5.41, 5.74) is 0. The first-order valence-corrected chi connectivity index (χ1v) is 9.79. The molecule has 1 rings (SSSR count). The highest BCUT2D eigenvalue weighted by molar-refractivity contribution is 6.65. The van der Waals surface area contributed by atoms with Crippen LogP contribution in [0, 0.1) is 0 Å². The van der Waals surface area contributed by atoms with E-state index in [4.69, 9.17) is 43.7 Å². The van der Waals surface area contributed by atoms with Crippen molar-refractivity contribution < 1.29 is 8.85 Å². The van der Waals surface area contributed by atoms with E-state index in [1.807, 2.05) is 13.1 Å². The highest BCUT2D eigenvalue weighted by Gasteiger charge is 2.29. The van der Waals surface area contributed by atoms with Crippen molar-refractivity contribution in [3.63, 3.8) is 0 Å². The summed E-state index contributed by atoms with van der Waals surface area (Å²) < 4.78 is 11.6. The van der Waals surface area contributed by atoms with Gasteiger partial charge in [-0.3, -0.25) is 0 Å². The molecule has 0 radical (unpaired) electrons. The van der Waals surface area contributed by atoms with Gasteiger partial charge in [-0.1, -0.05) is 48.1 Å². The highest BCUT2D eigenvalue weighted by atomic mass is 35.5. The molecule has 0 bridgehead atoms. The van der Waals surface area contributed by atoms with Crippen LogP contribution < -0.4 is 4.43 Å². The van der Waals surface area contributed by atoms with Crippen molar-refractivity contribution in [3.8, 4) is 5.75 Å². The molecule has 0 aliphatic carbocycles. The third-order valence-electron chi connectivity index (χ3n) is 2.30. The first-order valence-electron chi connectivity index (χ1n) is 5.84. The molecule has 18 heavy (non-hydrogen) atoms. The van der Waals surface area contributed by atoms with Crippen LogP contribution in [0.1, 0.15) is 19.8 Å². The molecule has 0 atom stereocenters. The van der Waals surface area contributed by atoms with Crippen LogP contribution in [0.15, 0.2) is 12.1 Å². The molecule has 0 heterocycles. The second-order valence-corrected chi connectivity index (χ2v) is 8.86. The summed E-state index contributed by atoms with van der Waals surface area (Å²) in [6.45, 7) is 6.71. The molecular formula is C12H17Cl3O2Si. The summed E-state index contributed by atoms with van der Waals surface area (Å²) in [5, 5.41) is 1.21. The van der Waals surface area contributed by atoms with Gasteiger partial charge in [0.15, 0.2) is 0 Å². The minimum Gasteiger partial charge on any atom is -0.518 e. The van der Waals surface area contributed by atoms with Crippen LogP contribution in [0.5, 0.6) is 5.75 Å². The van der Waals surface area contributed by atoms with Crippen LogP contribution >= 0.6 is 34.8 Å². The monoisotopic (exact) mass is 326 g/mol. The van der Waals surface area contributed by atoms with E-state index >= 15 is 0 Å². The fourth-order valence-electron chi connectivity index (χ4n) is 1.34. The van der Waals surface area contributed by atoms with E-state index in [1.54, 1.807) is 12.1 Å².